The van der Waals surface area contributed by atoms with E-state index in [2.05, 4.69) is 10.1 Å². The number of rotatable bonds is 8. The first-order chi connectivity index (χ1) is 7.16. The summed E-state index contributed by atoms with van der Waals surface area (Å²) in [6.45, 7) is 0.717. The molecule has 0 unspecified atom stereocenters. The Kier molecular flexibility index (Phi) is 8.22. The summed E-state index contributed by atoms with van der Waals surface area (Å²) in [5, 5.41) is 3.40. The van der Waals surface area contributed by atoms with Crippen molar-refractivity contribution < 1.29 is 0 Å². The molecule has 0 atom stereocenters. The van der Waals surface area contributed by atoms with Crippen LogP contribution in [0.25, 0.3) is 0 Å². The van der Waals surface area contributed by atoms with Crippen molar-refractivity contribution in [1.82, 2.24) is 0 Å². The average molecular weight is 214 g/mol. The first-order valence-corrected chi connectivity index (χ1v) is 5.24. The van der Waals surface area contributed by atoms with Crippen molar-refractivity contribution in [1.29, 1.82) is 0 Å². The van der Waals surface area contributed by atoms with Crippen LogP contribution >= 0.6 is 0 Å². The van der Waals surface area contributed by atoms with Gasteiger partial charge in [-0.1, -0.05) is 19.3 Å². The Morgan fingerprint density at radius 1 is 0.867 bits per heavy atom. The Morgan fingerprint density at radius 3 is 2.07 bits per heavy atom. The first-order valence-electron chi connectivity index (χ1n) is 5.24. The highest BCUT2D eigenvalue weighted by Crippen LogP contribution is 2.05. The van der Waals surface area contributed by atoms with Gasteiger partial charge in [-0.2, -0.15) is 5.10 Å². The summed E-state index contributed by atoms with van der Waals surface area (Å²) in [6, 6.07) is 0. The number of hydrogen-bond donors (Lipinski definition) is 4. The second-order valence-corrected chi connectivity index (χ2v) is 3.44. The number of aliphatic imine (C=N–C) groups is 1. The van der Waals surface area contributed by atoms with E-state index in [1.165, 1.54) is 0 Å². The molecule has 88 valence electrons. The van der Waals surface area contributed by atoms with Crippen molar-refractivity contribution in [3.8, 4) is 0 Å². The predicted molar refractivity (Wildman–Crippen MR) is 64.2 cm³/mol. The number of amidine groups is 1. The fourth-order valence-electron chi connectivity index (χ4n) is 1.22. The van der Waals surface area contributed by atoms with Gasteiger partial charge in [0.05, 0.1) is 0 Å². The number of hydrazone groups is 1. The Balaban J connectivity index is 3.15. The molecule has 15 heavy (non-hydrogen) atoms. The number of nitrogens with zero attached hydrogens (tertiary/aromatic N) is 2. The molecule has 0 rings (SSSR count). The Hall–Kier alpha value is -1.46. The van der Waals surface area contributed by atoms with Crippen molar-refractivity contribution in [2.45, 2.75) is 38.5 Å². The van der Waals surface area contributed by atoms with Crippen molar-refractivity contribution >= 4 is 11.8 Å². The third-order valence-corrected chi connectivity index (χ3v) is 2.05. The quantitative estimate of drug-likeness (QED) is 0.147. The summed E-state index contributed by atoms with van der Waals surface area (Å²) >= 11 is 0. The zero-order valence-electron chi connectivity index (χ0n) is 9.15. The van der Waals surface area contributed by atoms with Gasteiger partial charge in [-0.05, 0) is 12.8 Å². The van der Waals surface area contributed by atoms with Crippen molar-refractivity contribution in [2.75, 3.05) is 6.54 Å². The van der Waals surface area contributed by atoms with Gasteiger partial charge in [-0.25, -0.2) is 0 Å². The Labute approximate surface area is 90.8 Å². The van der Waals surface area contributed by atoms with E-state index in [9.17, 15) is 0 Å². The predicted octanol–water partition coefficient (Wildman–Crippen LogP) is -0.169. The maximum atomic E-state index is 5.45. The van der Waals surface area contributed by atoms with Gasteiger partial charge in [0.1, 0.15) is 5.84 Å². The summed E-state index contributed by atoms with van der Waals surface area (Å²) in [7, 11) is 0. The summed E-state index contributed by atoms with van der Waals surface area (Å²) in [6.07, 6.45) is 6.28. The van der Waals surface area contributed by atoms with Crippen LogP contribution in [-0.2, 0) is 0 Å². The molecular formula is C9H22N6. The van der Waals surface area contributed by atoms with Gasteiger partial charge in [-0.15, -0.1) is 0 Å². The molecule has 0 spiro atoms. The maximum absolute atomic E-state index is 5.45. The topological polar surface area (TPSA) is 129 Å². The maximum Gasteiger partial charge on any atom is 0.185 e. The van der Waals surface area contributed by atoms with Crippen LogP contribution in [0.15, 0.2) is 10.1 Å². The lowest BCUT2D eigenvalue weighted by Gasteiger charge is -2.00. The van der Waals surface area contributed by atoms with Gasteiger partial charge in [0.2, 0.25) is 0 Å². The lowest BCUT2D eigenvalue weighted by molar-refractivity contribution is 0.627. The molecule has 0 aromatic heterocycles. The standard InChI is InChI=1S/C9H22N6/c10-8(15-13)6-4-2-1-3-5-7-14-9(11)12/h1-7,13H2,(H2,10,15)(H4,11,12,14). The lowest BCUT2D eigenvalue weighted by Crippen LogP contribution is -2.22. The molecule has 0 radical (unpaired) electrons. The summed E-state index contributed by atoms with van der Waals surface area (Å²) < 4.78 is 0. The van der Waals surface area contributed by atoms with Crippen LogP contribution in [-0.4, -0.2) is 18.3 Å². The summed E-state index contributed by atoms with van der Waals surface area (Å²) in [5.74, 6) is 5.70. The monoisotopic (exact) mass is 214 g/mol. The Bertz CT molecular complexity index is 207. The van der Waals surface area contributed by atoms with E-state index in [0.717, 1.165) is 38.5 Å². The molecule has 0 bridgehead atoms. The molecule has 0 saturated carbocycles. The second-order valence-electron chi connectivity index (χ2n) is 3.44. The molecule has 6 heteroatoms. The highest BCUT2D eigenvalue weighted by molar-refractivity contribution is 5.79. The zero-order valence-corrected chi connectivity index (χ0v) is 9.15. The van der Waals surface area contributed by atoms with Crippen LogP contribution in [0.3, 0.4) is 0 Å². The van der Waals surface area contributed by atoms with E-state index in [0.29, 0.717) is 12.4 Å². The Morgan fingerprint density at radius 2 is 1.47 bits per heavy atom. The molecule has 0 saturated heterocycles. The molecule has 0 heterocycles. The second kappa shape index (κ2) is 9.11. The van der Waals surface area contributed by atoms with Gasteiger partial charge < -0.3 is 23.0 Å². The van der Waals surface area contributed by atoms with Crippen LogP contribution in [0.4, 0.5) is 0 Å². The summed E-state index contributed by atoms with van der Waals surface area (Å²) in [5.41, 5.74) is 15.8. The number of unbranched alkanes of at least 4 members (excludes halogenated alkanes) is 4. The van der Waals surface area contributed by atoms with Crippen LogP contribution in [0.5, 0.6) is 0 Å². The van der Waals surface area contributed by atoms with E-state index < -0.39 is 0 Å². The first kappa shape index (κ1) is 13.5. The molecular weight excluding hydrogens is 192 g/mol. The van der Waals surface area contributed by atoms with Crippen molar-refractivity contribution in [2.24, 2.45) is 33.1 Å². The van der Waals surface area contributed by atoms with Crippen molar-refractivity contribution in [3.05, 3.63) is 0 Å². The van der Waals surface area contributed by atoms with Crippen LogP contribution in [0, 0.1) is 0 Å². The van der Waals surface area contributed by atoms with E-state index >= 15 is 0 Å². The fourth-order valence-corrected chi connectivity index (χ4v) is 1.22. The van der Waals surface area contributed by atoms with Gasteiger partial charge in [0.25, 0.3) is 0 Å². The highest BCUT2D eigenvalue weighted by Gasteiger charge is 1.93. The minimum atomic E-state index is 0.168. The number of hydrogen-bond acceptors (Lipinski definition) is 3. The average Bonchev–Trinajstić information content (AvgIpc) is 2.21. The number of nitrogens with two attached hydrogens (primary N) is 4. The minimum Gasteiger partial charge on any atom is -0.386 e. The molecule has 8 N–H and O–H groups in total. The normalized spacial score (nSPS) is 11.3. The van der Waals surface area contributed by atoms with Crippen LogP contribution in [0.2, 0.25) is 0 Å². The molecule has 0 fully saturated rings. The van der Waals surface area contributed by atoms with Crippen molar-refractivity contribution in [3.63, 3.8) is 0 Å². The minimum absolute atomic E-state index is 0.168. The lowest BCUT2D eigenvalue weighted by atomic mass is 10.1. The molecule has 0 aliphatic heterocycles. The van der Waals surface area contributed by atoms with E-state index in [-0.39, 0.29) is 5.96 Å². The van der Waals surface area contributed by atoms with E-state index in [1.54, 1.807) is 0 Å². The molecule has 6 nitrogen and oxygen atoms in total. The van der Waals surface area contributed by atoms with Gasteiger partial charge in [0, 0.05) is 13.0 Å². The molecule has 0 aliphatic carbocycles. The van der Waals surface area contributed by atoms with Crippen LogP contribution < -0.4 is 23.0 Å². The van der Waals surface area contributed by atoms with E-state index in [4.69, 9.17) is 23.0 Å². The third-order valence-electron chi connectivity index (χ3n) is 2.05. The smallest absolute Gasteiger partial charge is 0.185 e. The largest absolute Gasteiger partial charge is 0.386 e. The molecule has 0 aliphatic rings. The van der Waals surface area contributed by atoms with Crippen LogP contribution in [0.1, 0.15) is 38.5 Å². The molecule has 0 aromatic carbocycles. The SMILES string of the molecule is NN=C(N)CCCCCCCN=C(N)N. The summed E-state index contributed by atoms with van der Waals surface area (Å²) in [4.78, 5) is 3.90. The third kappa shape index (κ3) is 10.5. The van der Waals surface area contributed by atoms with Gasteiger partial charge in [-0.3, -0.25) is 4.99 Å². The fraction of sp³-hybridized carbons (Fsp3) is 0.778. The van der Waals surface area contributed by atoms with Gasteiger partial charge in [0.15, 0.2) is 5.96 Å². The van der Waals surface area contributed by atoms with Gasteiger partial charge >= 0.3 is 0 Å². The zero-order chi connectivity index (χ0) is 11.5. The molecule has 0 amide bonds. The number of guanidine groups is 1. The highest BCUT2D eigenvalue weighted by atomic mass is 15.1. The molecule has 0 aromatic rings. The van der Waals surface area contributed by atoms with E-state index in [1.807, 2.05) is 0 Å².